The first-order valence-corrected chi connectivity index (χ1v) is 14.5. The van der Waals surface area contributed by atoms with Crippen molar-refractivity contribution in [1.82, 2.24) is 0 Å². The Balaban J connectivity index is 1.48. The van der Waals surface area contributed by atoms with E-state index >= 15 is 0 Å². The van der Waals surface area contributed by atoms with E-state index in [4.69, 9.17) is 4.74 Å². The number of fused-ring (bicyclic) bond motifs is 3. The van der Waals surface area contributed by atoms with E-state index in [1.54, 1.807) is 24.3 Å². The molecule has 4 atom stereocenters. The van der Waals surface area contributed by atoms with Crippen LogP contribution in [0.15, 0.2) is 81.9 Å². The van der Waals surface area contributed by atoms with Gasteiger partial charge in [0.1, 0.15) is 12.4 Å². The van der Waals surface area contributed by atoms with Gasteiger partial charge in [0.15, 0.2) is 11.6 Å². The van der Waals surface area contributed by atoms with Crippen LogP contribution in [0.4, 0.5) is 5.69 Å². The number of para-hydroxylation sites is 1. The maximum atomic E-state index is 13.9. The van der Waals surface area contributed by atoms with E-state index in [0.29, 0.717) is 34.6 Å². The molecule has 1 aliphatic heterocycles. The summed E-state index contributed by atoms with van der Waals surface area (Å²) >= 11 is 5.43. The molecule has 4 unspecified atom stereocenters. The molecule has 0 saturated carbocycles. The predicted octanol–water partition coefficient (Wildman–Crippen LogP) is 4.63. The molecule has 9 heteroatoms. The molecule has 0 bridgehead atoms. The highest BCUT2D eigenvalue weighted by Gasteiger charge is 2.56. The molecule has 39 heavy (non-hydrogen) atoms. The van der Waals surface area contributed by atoms with E-state index in [1.807, 2.05) is 30.3 Å². The average Bonchev–Trinajstić information content (AvgIpc) is 3.19. The lowest BCUT2D eigenvalue weighted by Crippen LogP contribution is -2.39. The molecule has 7 nitrogen and oxygen atoms in total. The van der Waals surface area contributed by atoms with E-state index in [1.165, 1.54) is 11.0 Å². The number of hydrogen-bond acceptors (Lipinski definition) is 6. The fourth-order valence-electron chi connectivity index (χ4n) is 6.41. The third kappa shape index (κ3) is 4.25. The second kappa shape index (κ2) is 10.3. The van der Waals surface area contributed by atoms with Gasteiger partial charge in [-0.1, -0.05) is 29.8 Å². The summed E-state index contributed by atoms with van der Waals surface area (Å²) in [5.41, 5.74) is 2.83. The highest BCUT2D eigenvalue weighted by atomic mass is 127. The van der Waals surface area contributed by atoms with Gasteiger partial charge >= 0.3 is 0 Å². The zero-order valence-electron chi connectivity index (χ0n) is 20.6. The Labute approximate surface area is 246 Å². The number of nitrogens with zero attached hydrogens (tertiary/aromatic N) is 1. The number of aliphatic hydroxyl groups excluding tert-OH is 1. The lowest BCUT2D eigenvalue weighted by Gasteiger charge is -2.42. The number of ketones is 2. The van der Waals surface area contributed by atoms with Crippen LogP contribution in [-0.4, -0.2) is 41.7 Å². The molecule has 2 aromatic rings. The van der Waals surface area contributed by atoms with Crippen molar-refractivity contribution in [2.24, 2.45) is 17.8 Å². The molecule has 1 heterocycles. The number of amides is 2. The van der Waals surface area contributed by atoms with Crippen LogP contribution in [0.3, 0.4) is 0 Å². The summed E-state index contributed by atoms with van der Waals surface area (Å²) in [6.45, 7) is -0.112. The summed E-state index contributed by atoms with van der Waals surface area (Å²) in [5, 5.41) is 9.37. The second-order valence-electron chi connectivity index (χ2n) is 9.99. The monoisotopic (exact) mass is 699 g/mol. The Morgan fingerprint density at radius 3 is 2.49 bits per heavy atom. The number of carbonyl (C=O) groups is 4. The molecule has 4 aliphatic rings. The molecule has 2 amide bonds. The van der Waals surface area contributed by atoms with Crippen LogP contribution in [0.25, 0.3) is 0 Å². The number of halogens is 2. The second-order valence-corrected chi connectivity index (χ2v) is 12.1. The quantitative estimate of drug-likeness (QED) is 0.212. The Kier molecular flexibility index (Phi) is 6.93. The van der Waals surface area contributed by atoms with Crippen molar-refractivity contribution >= 4 is 67.6 Å². The van der Waals surface area contributed by atoms with Gasteiger partial charge in [0, 0.05) is 32.3 Å². The van der Waals surface area contributed by atoms with Crippen molar-refractivity contribution in [3.63, 3.8) is 0 Å². The van der Waals surface area contributed by atoms with E-state index in [2.05, 4.69) is 38.5 Å². The van der Waals surface area contributed by atoms with E-state index in [9.17, 15) is 24.3 Å². The van der Waals surface area contributed by atoms with Gasteiger partial charge in [0.25, 0.3) is 0 Å². The third-order valence-corrected chi connectivity index (χ3v) is 9.30. The number of Topliss-reactive ketones (excluding diaryl/α,β-unsaturated/α-hetero) is 1. The lowest BCUT2D eigenvalue weighted by molar-refractivity contribution is -0.123. The highest BCUT2D eigenvalue weighted by molar-refractivity contribution is 14.1. The number of hydrogen-bond donors (Lipinski definition) is 1. The van der Waals surface area contributed by atoms with Gasteiger partial charge in [-0.05, 0) is 87.6 Å². The number of carbonyl (C=O) groups excluding carboxylic acids is 4. The topological polar surface area (TPSA) is 101 Å². The Hall–Kier alpha value is -2.89. The molecule has 2 aromatic carbocycles. The molecule has 198 valence electrons. The minimum Gasteiger partial charge on any atom is -0.491 e. The molecule has 0 spiro atoms. The molecular weight excluding hydrogens is 677 g/mol. The molecular formula is C30H23BrINO6. The first kappa shape index (κ1) is 26.3. The van der Waals surface area contributed by atoms with E-state index < -0.39 is 23.7 Å². The molecule has 0 aromatic heterocycles. The van der Waals surface area contributed by atoms with Crippen LogP contribution in [0.5, 0.6) is 5.75 Å². The van der Waals surface area contributed by atoms with Gasteiger partial charge in [-0.15, -0.1) is 0 Å². The first-order chi connectivity index (χ1) is 18.8. The van der Waals surface area contributed by atoms with Crippen LogP contribution in [0, 0.1) is 21.3 Å². The largest absolute Gasteiger partial charge is 0.491 e. The number of imide groups is 1. The summed E-state index contributed by atoms with van der Waals surface area (Å²) in [6, 6.07) is 14.5. The molecule has 6 rings (SSSR count). The van der Waals surface area contributed by atoms with Crippen molar-refractivity contribution in [2.75, 3.05) is 18.1 Å². The van der Waals surface area contributed by atoms with Crippen molar-refractivity contribution in [3.8, 4) is 5.75 Å². The first-order valence-electron chi connectivity index (χ1n) is 12.7. The van der Waals surface area contributed by atoms with Crippen molar-refractivity contribution in [3.05, 3.63) is 91.0 Å². The van der Waals surface area contributed by atoms with Gasteiger partial charge < -0.3 is 9.84 Å². The normalized spacial score (nSPS) is 26.2. The van der Waals surface area contributed by atoms with Crippen molar-refractivity contribution < 1.29 is 29.0 Å². The van der Waals surface area contributed by atoms with Gasteiger partial charge in [0.2, 0.25) is 11.8 Å². The summed E-state index contributed by atoms with van der Waals surface area (Å²) in [5.74, 6) is -2.80. The SMILES string of the molecule is O=C1C=C(Br)C(=O)C2=C1C(c1ccccc1OCCO)C1=CCC3C(=O)N(c4ccc(I)cc4)C(=O)C3C1C2. The zero-order valence-corrected chi connectivity index (χ0v) is 24.3. The predicted molar refractivity (Wildman–Crippen MR) is 155 cm³/mol. The number of allylic oxidation sites excluding steroid dienone is 6. The van der Waals surface area contributed by atoms with Crippen LogP contribution in [0.2, 0.25) is 0 Å². The number of anilines is 1. The average molecular weight is 700 g/mol. The van der Waals surface area contributed by atoms with Gasteiger partial charge in [-0.2, -0.15) is 0 Å². The fraction of sp³-hybridized carbons (Fsp3) is 0.267. The highest BCUT2D eigenvalue weighted by Crippen LogP contribution is 2.56. The van der Waals surface area contributed by atoms with Crippen LogP contribution >= 0.6 is 38.5 Å². The Morgan fingerprint density at radius 1 is 1.00 bits per heavy atom. The summed E-state index contributed by atoms with van der Waals surface area (Å²) in [4.78, 5) is 55.6. The number of rotatable bonds is 5. The number of ether oxygens (including phenoxy) is 1. The molecule has 1 fully saturated rings. The Morgan fingerprint density at radius 2 is 1.74 bits per heavy atom. The molecule has 3 aliphatic carbocycles. The van der Waals surface area contributed by atoms with Crippen LogP contribution in [0.1, 0.15) is 24.3 Å². The summed E-state index contributed by atoms with van der Waals surface area (Å²) in [6.07, 6.45) is 3.85. The Bertz CT molecular complexity index is 1520. The standard InChI is InChI=1S/C30H23BrINO6/c31-22-14-23(35)27-21(28(22)36)13-20-17(25(27)18-3-1-2-4-24(18)39-12-11-34)9-10-19-26(20)30(38)33(29(19)37)16-7-5-15(32)6-8-16/h1-9,14,19-20,25-26,34H,10-13H2. The molecule has 0 radical (unpaired) electrons. The van der Waals surface area contributed by atoms with Crippen LogP contribution in [-0.2, 0) is 19.2 Å². The molecule has 1 saturated heterocycles. The fourth-order valence-corrected chi connectivity index (χ4v) is 7.22. The third-order valence-electron chi connectivity index (χ3n) is 7.99. The lowest BCUT2D eigenvalue weighted by atomic mass is 9.59. The van der Waals surface area contributed by atoms with Crippen molar-refractivity contribution in [2.45, 2.75) is 18.8 Å². The number of benzene rings is 2. The van der Waals surface area contributed by atoms with Crippen molar-refractivity contribution in [1.29, 1.82) is 0 Å². The maximum Gasteiger partial charge on any atom is 0.238 e. The smallest absolute Gasteiger partial charge is 0.238 e. The summed E-state index contributed by atoms with van der Waals surface area (Å²) < 4.78 is 7.02. The van der Waals surface area contributed by atoms with E-state index in [-0.39, 0.29) is 47.5 Å². The van der Waals surface area contributed by atoms with Gasteiger partial charge in [-0.3, -0.25) is 24.1 Å². The number of aliphatic hydroxyl groups is 1. The van der Waals surface area contributed by atoms with Gasteiger partial charge in [0.05, 0.1) is 28.6 Å². The van der Waals surface area contributed by atoms with E-state index in [0.717, 1.165) is 9.14 Å². The summed E-state index contributed by atoms with van der Waals surface area (Å²) in [7, 11) is 0. The van der Waals surface area contributed by atoms with Crippen LogP contribution < -0.4 is 9.64 Å². The van der Waals surface area contributed by atoms with Gasteiger partial charge in [-0.25, -0.2) is 0 Å². The minimum atomic E-state index is -0.647. The zero-order chi connectivity index (χ0) is 27.4. The molecule has 1 N–H and O–H groups in total. The minimum absolute atomic E-state index is 0.0686. The maximum absolute atomic E-state index is 13.9.